The summed E-state index contributed by atoms with van der Waals surface area (Å²) in [6.07, 6.45) is 5.42. The molecular weight excluding hydrogens is 370 g/mol. The van der Waals surface area contributed by atoms with Crippen molar-refractivity contribution in [1.82, 2.24) is 15.1 Å². The van der Waals surface area contributed by atoms with Crippen LogP contribution in [0, 0.1) is 0 Å². The van der Waals surface area contributed by atoms with Gasteiger partial charge in [-0.3, -0.25) is 0 Å². The van der Waals surface area contributed by atoms with Gasteiger partial charge in [0.05, 0.1) is 5.60 Å². The topological polar surface area (TPSA) is 38.7 Å². The quantitative estimate of drug-likeness (QED) is 0.619. The van der Waals surface area contributed by atoms with Crippen LogP contribution < -0.4 is 5.32 Å². The number of aliphatic hydroxyl groups is 1. The molecule has 2 N–H and O–H groups in total. The van der Waals surface area contributed by atoms with Gasteiger partial charge >= 0.3 is 0 Å². The van der Waals surface area contributed by atoms with Crippen LogP contribution in [0.1, 0.15) is 43.2 Å². The second-order valence-electron chi connectivity index (χ2n) is 9.33. The Morgan fingerprint density at radius 3 is 2.30 bits per heavy atom. The van der Waals surface area contributed by atoms with Crippen LogP contribution >= 0.6 is 0 Å². The monoisotopic (exact) mass is 409 g/mol. The molecule has 0 heterocycles. The van der Waals surface area contributed by atoms with Gasteiger partial charge in [-0.25, -0.2) is 0 Å². The van der Waals surface area contributed by atoms with Crippen molar-refractivity contribution in [3.63, 3.8) is 0 Å². The van der Waals surface area contributed by atoms with Gasteiger partial charge in [0.2, 0.25) is 0 Å². The van der Waals surface area contributed by atoms with E-state index in [4.69, 9.17) is 0 Å². The Morgan fingerprint density at radius 2 is 1.60 bits per heavy atom. The van der Waals surface area contributed by atoms with Crippen LogP contribution in [-0.2, 0) is 13.1 Å². The number of rotatable bonds is 10. The summed E-state index contributed by atoms with van der Waals surface area (Å²) in [6, 6.07) is 17.7. The molecule has 1 aliphatic rings. The third-order valence-electron chi connectivity index (χ3n) is 6.16. The molecule has 4 heteroatoms. The molecule has 1 aliphatic carbocycles. The minimum atomic E-state index is -0.502. The maximum Gasteiger partial charge on any atom is 0.0771 e. The van der Waals surface area contributed by atoms with Gasteiger partial charge in [0.25, 0.3) is 0 Å². The van der Waals surface area contributed by atoms with Crippen molar-refractivity contribution in [2.75, 3.05) is 40.8 Å². The van der Waals surface area contributed by atoms with E-state index in [-0.39, 0.29) is 0 Å². The Kier molecular flexibility index (Phi) is 8.46. The summed E-state index contributed by atoms with van der Waals surface area (Å²) in [5.41, 5.74) is 4.63. The molecule has 0 aliphatic heterocycles. The molecule has 1 fully saturated rings. The molecule has 0 atom stereocenters. The second kappa shape index (κ2) is 11.1. The molecule has 0 aromatic heterocycles. The number of hydrogen-bond acceptors (Lipinski definition) is 4. The third-order valence-corrected chi connectivity index (χ3v) is 6.16. The minimum absolute atomic E-state index is 0.502. The van der Waals surface area contributed by atoms with E-state index in [1.807, 2.05) is 0 Å². The van der Waals surface area contributed by atoms with Crippen molar-refractivity contribution in [2.45, 2.75) is 50.8 Å². The number of nitrogens with one attached hydrogen (secondary N) is 1. The lowest BCUT2D eigenvalue weighted by Crippen LogP contribution is -2.41. The predicted octanol–water partition coefficient (Wildman–Crippen LogP) is 4.13. The number of hydrogen-bond donors (Lipinski definition) is 2. The Balaban J connectivity index is 1.53. The maximum atomic E-state index is 10.6. The summed E-state index contributed by atoms with van der Waals surface area (Å²) < 4.78 is 0. The van der Waals surface area contributed by atoms with Gasteiger partial charge in [-0.05, 0) is 62.3 Å². The highest BCUT2D eigenvalue weighted by Crippen LogP contribution is 2.27. The summed E-state index contributed by atoms with van der Waals surface area (Å²) in [4.78, 5) is 4.59. The second-order valence-corrected chi connectivity index (χ2v) is 9.33. The van der Waals surface area contributed by atoms with Crippen molar-refractivity contribution in [2.24, 2.45) is 0 Å². The molecule has 3 rings (SSSR count). The maximum absolute atomic E-state index is 10.6. The average Bonchev–Trinajstić information content (AvgIpc) is 2.73. The minimum Gasteiger partial charge on any atom is -0.389 e. The molecule has 0 bridgehead atoms. The van der Waals surface area contributed by atoms with E-state index < -0.39 is 5.60 Å². The van der Waals surface area contributed by atoms with Gasteiger partial charge in [0.15, 0.2) is 0 Å². The van der Waals surface area contributed by atoms with Gasteiger partial charge in [-0.1, -0.05) is 61.7 Å². The molecule has 0 saturated heterocycles. The van der Waals surface area contributed by atoms with E-state index in [2.05, 4.69) is 84.8 Å². The highest BCUT2D eigenvalue weighted by molar-refractivity contribution is 5.64. The Hall–Kier alpha value is -1.72. The number of benzene rings is 2. The van der Waals surface area contributed by atoms with Crippen molar-refractivity contribution >= 4 is 0 Å². The normalized spacial score (nSPS) is 16.3. The fraction of sp³-hybridized carbons (Fsp3) is 0.538. The van der Waals surface area contributed by atoms with Crippen LogP contribution in [0.3, 0.4) is 0 Å². The van der Waals surface area contributed by atoms with E-state index in [1.54, 1.807) is 0 Å². The lowest BCUT2D eigenvalue weighted by Gasteiger charge is -2.32. The van der Waals surface area contributed by atoms with Crippen LogP contribution in [0.5, 0.6) is 0 Å². The summed E-state index contributed by atoms with van der Waals surface area (Å²) in [5.74, 6) is 0. The Labute approximate surface area is 182 Å². The first kappa shape index (κ1) is 23.0. The molecule has 2 aromatic rings. The molecule has 0 amide bonds. The molecule has 0 radical (unpaired) electrons. The van der Waals surface area contributed by atoms with Crippen LogP contribution in [0.25, 0.3) is 11.1 Å². The smallest absolute Gasteiger partial charge is 0.0771 e. The summed E-state index contributed by atoms with van der Waals surface area (Å²) in [6.45, 7) is 4.60. The van der Waals surface area contributed by atoms with Crippen molar-refractivity contribution in [3.8, 4) is 11.1 Å². The summed E-state index contributed by atoms with van der Waals surface area (Å²) in [5, 5.41) is 14.1. The highest BCUT2D eigenvalue weighted by Gasteiger charge is 2.28. The van der Waals surface area contributed by atoms with E-state index in [0.29, 0.717) is 6.54 Å². The van der Waals surface area contributed by atoms with Crippen LogP contribution in [0.4, 0.5) is 0 Å². The highest BCUT2D eigenvalue weighted by atomic mass is 16.3. The predicted molar refractivity (Wildman–Crippen MR) is 127 cm³/mol. The van der Waals surface area contributed by atoms with E-state index in [1.165, 1.54) is 28.7 Å². The van der Waals surface area contributed by atoms with Gasteiger partial charge < -0.3 is 20.2 Å². The molecule has 0 unspecified atom stereocenters. The molecule has 4 nitrogen and oxygen atoms in total. The zero-order valence-electron chi connectivity index (χ0n) is 19.0. The number of nitrogens with zero attached hydrogens (tertiary/aromatic N) is 2. The van der Waals surface area contributed by atoms with Gasteiger partial charge in [-0.2, -0.15) is 0 Å². The van der Waals surface area contributed by atoms with E-state index >= 15 is 0 Å². The Bertz CT molecular complexity index is 766. The molecule has 1 saturated carbocycles. The summed E-state index contributed by atoms with van der Waals surface area (Å²) >= 11 is 0. The molecule has 30 heavy (non-hydrogen) atoms. The van der Waals surface area contributed by atoms with Gasteiger partial charge in [-0.15, -0.1) is 0 Å². The lowest BCUT2D eigenvalue weighted by molar-refractivity contribution is 0.00467. The third kappa shape index (κ3) is 7.21. The Morgan fingerprint density at radius 1 is 0.867 bits per heavy atom. The fourth-order valence-electron chi connectivity index (χ4n) is 4.25. The molecule has 2 aromatic carbocycles. The first-order chi connectivity index (χ1) is 14.4. The van der Waals surface area contributed by atoms with Crippen molar-refractivity contribution in [1.29, 1.82) is 0 Å². The first-order valence-electron chi connectivity index (χ1n) is 11.4. The van der Waals surface area contributed by atoms with E-state index in [0.717, 1.165) is 51.9 Å². The number of likely N-dealkylation sites (N-methyl/N-ethyl adjacent to an activating group) is 2. The standard InChI is InChI=1S/C26H39N3O/c1-28(2)16-17-29(3)20-23-8-7-9-25(18-23)24-12-10-22(11-13-24)19-27-21-26(30)14-5-4-6-15-26/h7-13,18,27,30H,4-6,14-17,19-21H2,1-3H3. The van der Waals surface area contributed by atoms with Crippen molar-refractivity contribution < 1.29 is 5.11 Å². The molecular formula is C26H39N3O. The average molecular weight is 410 g/mol. The largest absolute Gasteiger partial charge is 0.389 e. The van der Waals surface area contributed by atoms with E-state index in [9.17, 15) is 5.11 Å². The SMILES string of the molecule is CN(C)CCN(C)Cc1cccc(-c2ccc(CNCC3(O)CCCCC3)cc2)c1. The zero-order chi connectivity index (χ0) is 21.4. The zero-order valence-corrected chi connectivity index (χ0v) is 19.0. The fourth-order valence-corrected chi connectivity index (χ4v) is 4.25. The van der Waals surface area contributed by atoms with Crippen LogP contribution in [0.15, 0.2) is 48.5 Å². The summed E-state index contributed by atoms with van der Waals surface area (Å²) in [7, 11) is 6.42. The molecule has 0 spiro atoms. The van der Waals surface area contributed by atoms with Gasteiger partial charge in [0.1, 0.15) is 0 Å². The lowest BCUT2D eigenvalue weighted by atomic mass is 9.85. The van der Waals surface area contributed by atoms with Crippen LogP contribution in [0.2, 0.25) is 0 Å². The van der Waals surface area contributed by atoms with Crippen LogP contribution in [-0.4, -0.2) is 61.3 Å². The van der Waals surface area contributed by atoms with Gasteiger partial charge in [0, 0.05) is 32.7 Å². The van der Waals surface area contributed by atoms with Crippen molar-refractivity contribution in [3.05, 3.63) is 59.7 Å². The molecule has 164 valence electrons. The first-order valence-corrected chi connectivity index (χ1v) is 11.4.